The summed E-state index contributed by atoms with van der Waals surface area (Å²) >= 11 is 0. The molecule has 37 heavy (non-hydrogen) atoms. The minimum absolute atomic E-state index is 0.0269. The van der Waals surface area contributed by atoms with Crippen molar-refractivity contribution in [3.8, 4) is 0 Å². The van der Waals surface area contributed by atoms with Crippen LogP contribution in [-0.2, 0) is 9.59 Å². The number of aliphatic hydroxyl groups is 2. The van der Waals surface area contributed by atoms with Crippen molar-refractivity contribution in [2.24, 2.45) is 28.6 Å². The molecule has 0 radical (unpaired) electrons. The molecule has 5 heteroatoms. The first-order chi connectivity index (χ1) is 17.6. The van der Waals surface area contributed by atoms with Crippen LogP contribution in [0.15, 0.2) is 47.6 Å². The van der Waals surface area contributed by atoms with Gasteiger partial charge in [-0.2, -0.15) is 0 Å². The molecule has 6 atom stereocenters. The molecule has 4 saturated carbocycles. The van der Waals surface area contributed by atoms with Crippen LogP contribution in [0.25, 0.3) is 0 Å². The first-order valence-electron chi connectivity index (χ1n) is 14.6. The Balaban J connectivity index is 1.42. The van der Waals surface area contributed by atoms with E-state index in [1.165, 1.54) is 12.0 Å². The number of allylic oxidation sites excluding steroid dienone is 5. The van der Waals surface area contributed by atoms with Gasteiger partial charge in [0.05, 0.1) is 12.2 Å². The number of amides is 1. The van der Waals surface area contributed by atoms with Crippen molar-refractivity contribution in [2.45, 2.75) is 104 Å². The van der Waals surface area contributed by atoms with Gasteiger partial charge in [0.1, 0.15) is 5.41 Å². The van der Waals surface area contributed by atoms with Crippen molar-refractivity contribution in [1.29, 1.82) is 0 Å². The number of rotatable bonds is 9. The third-order valence-electron chi connectivity index (χ3n) is 9.96. The Bertz CT molecular complexity index is 987. The van der Waals surface area contributed by atoms with Crippen molar-refractivity contribution in [3.05, 3.63) is 47.6 Å². The maximum Gasteiger partial charge on any atom is 0.234 e. The summed E-state index contributed by atoms with van der Waals surface area (Å²) in [6.07, 6.45) is 16.9. The first kappa shape index (κ1) is 28.0. The fraction of sp³-hybridized carbons (Fsp3) is 0.688. The van der Waals surface area contributed by atoms with Gasteiger partial charge in [-0.05, 0) is 98.2 Å². The van der Waals surface area contributed by atoms with Gasteiger partial charge in [0.2, 0.25) is 5.91 Å². The van der Waals surface area contributed by atoms with Crippen LogP contribution in [0.5, 0.6) is 0 Å². The molecule has 0 spiro atoms. The van der Waals surface area contributed by atoms with Crippen LogP contribution in [-0.4, -0.2) is 40.7 Å². The van der Waals surface area contributed by atoms with Gasteiger partial charge in [-0.15, -0.1) is 0 Å². The lowest BCUT2D eigenvalue weighted by Crippen LogP contribution is -2.37. The third-order valence-corrected chi connectivity index (χ3v) is 9.96. The lowest BCUT2D eigenvalue weighted by Gasteiger charge is -2.44. The van der Waals surface area contributed by atoms with Crippen molar-refractivity contribution >= 4 is 11.7 Å². The molecule has 4 fully saturated rings. The topological polar surface area (TPSA) is 86.6 Å². The Hall–Kier alpha value is -1.98. The number of hydrogen-bond acceptors (Lipinski definition) is 4. The van der Waals surface area contributed by atoms with Crippen molar-refractivity contribution in [3.63, 3.8) is 0 Å². The van der Waals surface area contributed by atoms with E-state index in [1.807, 2.05) is 0 Å². The fourth-order valence-corrected chi connectivity index (χ4v) is 7.40. The molecule has 0 aliphatic heterocycles. The molecule has 1 amide bonds. The first-order valence-corrected chi connectivity index (χ1v) is 14.6. The Kier molecular flexibility index (Phi) is 8.65. The van der Waals surface area contributed by atoms with E-state index >= 15 is 0 Å². The highest BCUT2D eigenvalue weighted by Crippen LogP contribution is 2.59. The van der Waals surface area contributed by atoms with Crippen molar-refractivity contribution < 1.29 is 19.8 Å². The Morgan fingerprint density at radius 1 is 1.19 bits per heavy atom. The number of nitrogens with one attached hydrogen (secondary N) is 1. The second-order valence-electron chi connectivity index (χ2n) is 12.4. The van der Waals surface area contributed by atoms with E-state index in [9.17, 15) is 19.8 Å². The summed E-state index contributed by atoms with van der Waals surface area (Å²) in [5.74, 6) is 1.17. The summed E-state index contributed by atoms with van der Waals surface area (Å²) in [4.78, 5) is 25.7. The lowest BCUT2D eigenvalue weighted by atomic mass is 9.61. The molecule has 4 aliphatic rings. The highest BCUT2D eigenvalue weighted by atomic mass is 16.3. The van der Waals surface area contributed by atoms with Crippen LogP contribution in [0.2, 0.25) is 0 Å². The molecule has 5 nitrogen and oxygen atoms in total. The predicted octanol–water partition coefficient (Wildman–Crippen LogP) is 5.59. The summed E-state index contributed by atoms with van der Waals surface area (Å²) in [6, 6.07) is 0. The van der Waals surface area contributed by atoms with Gasteiger partial charge < -0.3 is 15.5 Å². The average Bonchev–Trinajstić information content (AvgIpc) is 3.60. The maximum atomic E-state index is 13.0. The number of ketones is 1. The van der Waals surface area contributed by atoms with Gasteiger partial charge in [0, 0.05) is 13.0 Å². The minimum Gasteiger partial charge on any atom is -0.393 e. The average molecular weight is 510 g/mol. The second-order valence-corrected chi connectivity index (χ2v) is 12.4. The molecule has 204 valence electrons. The number of carbonyl (C=O) groups excluding carboxylic acids is 2. The van der Waals surface area contributed by atoms with Gasteiger partial charge in [0.25, 0.3) is 0 Å². The Morgan fingerprint density at radius 3 is 2.65 bits per heavy atom. The van der Waals surface area contributed by atoms with E-state index in [1.54, 1.807) is 6.08 Å². The van der Waals surface area contributed by atoms with Gasteiger partial charge in [-0.25, -0.2) is 0 Å². The van der Waals surface area contributed by atoms with Gasteiger partial charge in [-0.1, -0.05) is 57.6 Å². The number of carbonyl (C=O) groups is 2. The molecule has 0 saturated heterocycles. The molecule has 0 aromatic carbocycles. The van der Waals surface area contributed by atoms with E-state index in [0.29, 0.717) is 44.1 Å². The molecule has 0 aromatic heterocycles. The molecule has 0 unspecified atom stereocenters. The SMILES string of the molecule is C=C1C(=CC=C2CCC[C@]3(C)[C@@H]([C@H](C)C=CC(=O)C4(C(=O)NCCCC)CC4)CC[C@@H]23)C[C@@H](O)C[C@@H]1O. The van der Waals surface area contributed by atoms with E-state index in [-0.39, 0.29) is 23.0 Å². The highest BCUT2D eigenvalue weighted by Gasteiger charge is 2.55. The molecule has 0 heterocycles. The normalized spacial score (nSPS) is 36.1. The maximum absolute atomic E-state index is 13.0. The zero-order chi connectivity index (χ0) is 26.8. The van der Waals surface area contributed by atoms with E-state index in [0.717, 1.165) is 49.7 Å². The van der Waals surface area contributed by atoms with Crippen LogP contribution >= 0.6 is 0 Å². The molecule has 4 aliphatic carbocycles. The lowest BCUT2D eigenvalue weighted by molar-refractivity contribution is -0.133. The minimum atomic E-state index is -0.815. The van der Waals surface area contributed by atoms with Crippen LogP contribution in [0.1, 0.15) is 91.4 Å². The Labute approximate surface area is 223 Å². The quantitative estimate of drug-likeness (QED) is 0.215. The van der Waals surface area contributed by atoms with Crippen LogP contribution in [0.3, 0.4) is 0 Å². The highest BCUT2D eigenvalue weighted by molar-refractivity contribution is 6.13. The van der Waals surface area contributed by atoms with Crippen molar-refractivity contribution in [2.75, 3.05) is 6.54 Å². The zero-order valence-corrected chi connectivity index (χ0v) is 23.1. The van der Waals surface area contributed by atoms with Crippen LogP contribution < -0.4 is 5.32 Å². The van der Waals surface area contributed by atoms with Gasteiger partial charge in [0.15, 0.2) is 5.78 Å². The Morgan fingerprint density at radius 2 is 1.95 bits per heavy atom. The van der Waals surface area contributed by atoms with Gasteiger partial charge in [-0.3, -0.25) is 9.59 Å². The molecule has 3 N–H and O–H groups in total. The van der Waals surface area contributed by atoms with Crippen LogP contribution in [0.4, 0.5) is 0 Å². The van der Waals surface area contributed by atoms with Crippen LogP contribution in [0, 0.1) is 28.6 Å². The largest absolute Gasteiger partial charge is 0.393 e. The molecular weight excluding hydrogens is 462 g/mol. The molecule has 0 aromatic rings. The summed E-state index contributed by atoms with van der Waals surface area (Å²) < 4.78 is 0. The molecular formula is C32H47NO4. The molecule has 4 rings (SSSR count). The number of fused-ring (bicyclic) bond motifs is 1. The summed E-state index contributed by atoms with van der Waals surface area (Å²) in [5.41, 5.74) is 2.54. The smallest absolute Gasteiger partial charge is 0.234 e. The summed E-state index contributed by atoms with van der Waals surface area (Å²) in [5, 5.41) is 23.3. The third kappa shape index (κ3) is 5.73. The number of hydrogen-bond donors (Lipinski definition) is 3. The monoisotopic (exact) mass is 509 g/mol. The summed E-state index contributed by atoms with van der Waals surface area (Å²) in [7, 11) is 0. The second kappa shape index (κ2) is 11.4. The number of unbranched alkanes of at least 4 members (excludes halogenated alkanes) is 1. The van der Waals surface area contributed by atoms with E-state index < -0.39 is 17.6 Å². The zero-order valence-electron chi connectivity index (χ0n) is 23.1. The van der Waals surface area contributed by atoms with E-state index in [4.69, 9.17) is 0 Å². The van der Waals surface area contributed by atoms with Gasteiger partial charge >= 0.3 is 0 Å². The van der Waals surface area contributed by atoms with E-state index in [2.05, 4.69) is 50.9 Å². The predicted molar refractivity (Wildman–Crippen MR) is 148 cm³/mol. The van der Waals surface area contributed by atoms with Crippen molar-refractivity contribution in [1.82, 2.24) is 5.32 Å². The number of aliphatic hydroxyl groups excluding tert-OH is 2. The molecule has 0 bridgehead atoms. The standard InChI is InChI=1S/C32H47NO4/c1-5-6-18-33-30(37)32(16-17-32)29(36)14-9-21(2)26-12-13-27-23(8-7-15-31(26,27)4)10-11-24-19-25(34)20-28(35)22(24)3/h9-11,14,21,25-28,34-35H,3,5-8,12-13,15-20H2,1-2,4H3,(H,33,37)/t21-,25-,26-,27+,28+,31-/m1/s1. The summed E-state index contributed by atoms with van der Waals surface area (Å²) in [6.45, 7) is 11.5. The fourth-order valence-electron chi connectivity index (χ4n) is 7.40.